The smallest absolute Gasteiger partial charge is 0.407 e. The van der Waals surface area contributed by atoms with Gasteiger partial charge in [-0.05, 0) is 0 Å². The van der Waals surface area contributed by atoms with Gasteiger partial charge < -0.3 is 10.1 Å². The molecule has 0 aromatic rings. The Labute approximate surface area is 48.3 Å². The normalized spacial score (nSPS) is 7.62. The molecule has 0 bridgehead atoms. The van der Waals surface area contributed by atoms with Crippen molar-refractivity contribution in [2.45, 2.75) is 0 Å². The summed E-state index contributed by atoms with van der Waals surface area (Å²) in [6.07, 6.45) is 0.974. The van der Waals surface area contributed by atoms with E-state index in [1.807, 2.05) is 0 Å². The molecule has 0 saturated heterocycles. The molecule has 3 heteroatoms. The first-order chi connectivity index (χ1) is 3.81. The minimum absolute atomic E-state index is 0.482. The van der Waals surface area contributed by atoms with Gasteiger partial charge in [-0.3, -0.25) is 0 Å². The predicted octanol–water partition coefficient (Wildman–Crippen LogP) is 0.690. The summed E-state index contributed by atoms with van der Waals surface area (Å²) in [5.74, 6) is 0. The molecule has 0 aromatic heterocycles. The number of amides is 1. The van der Waals surface area contributed by atoms with Crippen LogP contribution in [0.15, 0.2) is 12.7 Å². The number of nitrogens with one attached hydrogen (secondary N) is 1. The molecule has 0 aliphatic heterocycles. The monoisotopic (exact) mass is 114 g/mol. The van der Waals surface area contributed by atoms with Crippen LogP contribution in [0.1, 0.15) is 0 Å². The fourth-order valence-electron chi connectivity index (χ4n) is 0.186. The molecule has 0 saturated carbocycles. The van der Waals surface area contributed by atoms with E-state index in [9.17, 15) is 4.79 Å². The fraction of sp³-hybridized carbons (Fsp3) is 0.200. The van der Waals surface area contributed by atoms with Crippen molar-refractivity contribution < 1.29 is 9.53 Å². The third-order valence-electron chi connectivity index (χ3n) is 0.504. The van der Waals surface area contributed by atoms with Crippen molar-refractivity contribution in [3.05, 3.63) is 19.2 Å². The van der Waals surface area contributed by atoms with Crippen LogP contribution in [0.2, 0.25) is 0 Å². The molecule has 0 aliphatic carbocycles. The Morgan fingerprint density at radius 3 is 2.88 bits per heavy atom. The maximum Gasteiger partial charge on any atom is 0.407 e. The molecule has 0 rings (SSSR count). The molecule has 0 heterocycles. The molecule has 0 unspecified atom stereocenters. The Hall–Kier alpha value is -0.990. The Morgan fingerprint density at radius 1 is 1.88 bits per heavy atom. The van der Waals surface area contributed by atoms with Gasteiger partial charge in [0.2, 0.25) is 0 Å². The summed E-state index contributed by atoms with van der Waals surface area (Å²) in [6.45, 7) is 4.74. The number of alkyl carbamates (subject to hydrolysis) is 1. The minimum Gasteiger partial charge on any atom is -0.453 e. The quantitative estimate of drug-likeness (QED) is 0.573. The molecule has 0 atom stereocenters. The van der Waals surface area contributed by atoms with E-state index in [1.54, 1.807) is 0 Å². The fourth-order valence-corrected chi connectivity index (χ4v) is 0.186. The van der Waals surface area contributed by atoms with Gasteiger partial charge in [-0.1, -0.05) is 6.08 Å². The third kappa shape index (κ3) is 3.21. The van der Waals surface area contributed by atoms with Crippen LogP contribution in [0, 0.1) is 6.54 Å². The van der Waals surface area contributed by atoms with Gasteiger partial charge in [0.15, 0.2) is 0 Å². The molecule has 45 valence electrons. The SMILES string of the molecule is C=C[CH]NC(=O)OC. The average molecular weight is 114 g/mol. The van der Waals surface area contributed by atoms with Crippen molar-refractivity contribution in [1.29, 1.82) is 0 Å². The lowest BCUT2D eigenvalue weighted by atomic mass is 10.6. The Bertz CT molecular complexity index is 90.4. The number of carbonyl (C=O) groups excluding carboxylic acids is 1. The van der Waals surface area contributed by atoms with Crippen LogP contribution in [-0.4, -0.2) is 13.2 Å². The predicted molar refractivity (Wildman–Crippen MR) is 30.0 cm³/mol. The Balaban J connectivity index is 3.11. The van der Waals surface area contributed by atoms with E-state index in [0.29, 0.717) is 0 Å². The molecule has 1 amide bonds. The first kappa shape index (κ1) is 7.01. The summed E-state index contributed by atoms with van der Waals surface area (Å²) in [5.41, 5.74) is 0. The number of methoxy groups -OCH3 is 1. The van der Waals surface area contributed by atoms with Gasteiger partial charge in [-0.15, -0.1) is 6.58 Å². The van der Waals surface area contributed by atoms with Gasteiger partial charge in [0, 0.05) is 0 Å². The second-order valence-electron chi connectivity index (χ2n) is 1.04. The molecule has 8 heavy (non-hydrogen) atoms. The van der Waals surface area contributed by atoms with Crippen LogP contribution >= 0.6 is 0 Å². The molecule has 3 nitrogen and oxygen atoms in total. The van der Waals surface area contributed by atoms with Gasteiger partial charge in [0.1, 0.15) is 0 Å². The third-order valence-corrected chi connectivity index (χ3v) is 0.504. The zero-order chi connectivity index (χ0) is 6.41. The van der Waals surface area contributed by atoms with Crippen LogP contribution in [-0.2, 0) is 4.74 Å². The minimum atomic E-state index is -0.482. The highest BCUT2D eigenvalue weighted by Gasteiger charge is 1.91. The molecule has 1 radical (unpaired) electrons. The summed E-state index contributed by atoms with van der Waals surface area (Å²) in [4.78, 5) is 10.2. The van der Waals surface area contributed by atoms with Gasteiger partial charge in [-0.2, -0.15) is 0 Å². The van der Waals surface area contributed by atoms with Gasteiger partial charge in [-0.25, -0.2) is 4.79 Å². The Kier molecular flexibility index (Phi) is 3.66. The van der Waals surface area contributed by atoms with Crippen molar-refractivity contribution in [1.82, 2.24) is 5.32 Å². The summed E-state index contributed by atoms with van der Waals surface area (Å²) in [6, 6.07) is 0. The zero-order valence-corrected chi connectivity index (χ0v) is 4.68. The average Bonchev–Trinajstić information content (AvgIpc) is 1.83. The molecular weight excluding hydrogens is 106 g/mol. The number of hydrogen-bond donors (Lipinski definition) is 1. The van der Waals surface area contributed by atoms with Gasteiger partial charge >= 0.3 is 6.09 Å². The number of hydrogen-bond acceptors (Lipinski definition) is 2. The molecule has 0 aliphatic rings. The van der Waals surface area contributed by atoms with E-state index >= 15 is 0 Å². The first-order valence-electron chi connectivity index (χ1n) is 2.10. The lowest BCUT2D eigenvalue weighted by Crippen LogP contribution is -2.18. The van der Waals surface area contributed by atoms with Crippen molar-refractivity contribution in [2.24, 2.45) is 0 Å². The van der Waals surface area contributed by atoms with Crippen LogP contribution in [0.5, 0.6) is 0 Å². The van der Waals surface area contributed by atoms with Crippen molar-refractivity contribution in [3.8, 4) is 0 Å². The van der Waals surface area contributed by atoms with Crippen molar-refractivity contribution in [2.75, 3.05) is 7.11 Å². The van der Waals surface area contributed by atoms with Crippen LogP contribution < -0.4 is 5.32 Å². The summed E-state index contributed by atoms with van der Waals surface area (Å²) < 4.78 is 4.22. The van der Waals surface area contributed by atoms with Crippen LogP contribution in [0.4, 0.5) is 4.79 Å². The van der Waals surface area contributed by atoms with E-state index in [-0.39, 0.29) is 0 Å². The molecule has 0 spiro atoms. The molecule has 1 N–H and O–H groups in total. The highest BCUT2D eigenvalue weighted by atomic mass is 16.5. The largest absolute Gasteiger partial charge is 0.453 e. The van der Waals surface area contributed by atoms with E-state index in [4.69, 9.17) is 0 Å². The lowest BCUT2D eigenvalue weighted by Gasteiger charge is -1.95. The molecule has 0 fully saturated rings. The Morgan fingerprint density at radius 2 is 2.50 bits per heavy atom. The lowest BCUT2D eigenvalue weighted by molar-refractivity contribution is 0.174. The number of rotatable bonds is 2. The van der Waals surface area contributed by atoms with Crippen molar-refractivity contribution in [3.63, 3.8) is 0 Å². The zero-order valence-electron chi connectivity index (χ0n) is 4.68. The summed E-state index contributed by atoms with van der Waals surface area (Å²) in [5, 5.41) is 2.28. The van der Waals surface area contributed by atoms with E-state index in [2.05, 4.69) is 16.6 Å². The summed E-state index contributed by atoms with van der Waals surface area (Å²) in [7, 11) is 1.30. The van der Waals surface area contributed by atoms with E-state index in [1.165, 1.54) is 19.7 Å². The van der Waals surface area contributed by atoms with Crippen molar-refractivity contribution >= 4 is 6.09 Å². The standard InChI is InChI=1S/C5H8NO2/c1-3-4-6-5(7)8-2/h3-4H,1H2,2H3,(H,6,7). The van der Waals surface area contributed by atoms with Crippen LogP contribution in [0.3, 0.4) is 0 Å². The maximum absolute atomic E-state index is 10.2. The van der Waals surface area contributed by atoms with Gasteiger partial charge in [0.25, 0.3) is 0 Å². The highest BCUT2D eigenvalue weighted by molar-refractivity contribution is 5.67. The maximum atomic E-state index is 10.2. The van der Waals surface area contributed by atoms with Gasteiger partial charge in [0.05, 0.1) is 13.7 Å². The number of carbonyl (C=O) groups is 1. The summed E-state index contributed by atoms with van der Waals surface area (Å²) >= 11 is 0. The highest BCUT2D eigenvalue weighted by Crippen LogP contribution is 1.73. The second-order valence-corrected chi connectivity index (χ2v) is 1.04. The molecular formula is C5H8NO2. The van der Waals surface area contributed by atoms with E-state index in [0.717, 1.165) is 0 Å². The van der Waals surface area contributed by atoms with E-state index < -0.39 is 6.09 Å². The first-order valence-corrected chi connectivity index (χ1v) is 2.10. The second kappa shape index (κ2) is 4.18. The topological polar surface area (TPSA) is 38.3 Å². The van der Waals surface area contributed by atoms with Crippen LogP contribution in [0.25, 0.3) is 0 Å². The number of ether oxygens (including phenoxy) is 1. The molecule has 0 aromatic carbocycles.